The highest BCUT2D eigenvalue weighted by molar-refractivity contribution is 5.81. The van der Waals surface area contributed by atoms with Crippen molar-refractivity contribution in [3.8, 4) is 0 Å². The quantitative estimate of drug-likeness (QED) is 0.387. The summed E-state index contributed by atoms with van der Waals surface area (Å²) < 4.78 is 40.4. The smallest absolute Gasteiger partial charge is 0.470 e. The normalized spacial score (nSPS) is 13.2. The van der Waals surface area contributed by atoms with Gasteiger partial charge in [0, 0.05) is 6.72 Å². The van der Waals surface area contributed by atoms with Gasteiger partial charge < -0.3 is 4.74 Å². The van der Waals surface area contributed by atoms with Crippen molar-refractivity contribution in [2.75, 3.05) is 6.61 Å². The largest absolute Gasteiger partial charge is 0.473 e. The first-order chi connectivity index (χ1) is 5.88. The molecule has 0 aromatic rings. The van der Waals surface area contributed by atoms with Crippen molar-refractivity contribution >= 4 is 12.6 Å². The Balaban J connectivity index is 4.29. The maximum absolute atomic E-state index is 12.0. The van der Waals surface area contributed by atoms with Gasteiger partial charge in [0.25, 0.3) is 0 Å². The van der Waals surface area contributed by atoms with Gasteiger partial charge >= 0.3 is 12.1 Å². The fourth-order valence-corrected chi connectivity index (χ4v) is 0.477. The van der Waals surface area contributed by atoms with Gasteiger partial charge in [-0.2, -0.15) is 18.3 Å². The van der Waals surface area contributed by atoms with Gasteiger partial charge in [-0.3, -0.25) is 0 Å². The predicted molar refractivity (Wildman–Crippen MR) is 43.8 cm³/mol. The first-order valence-corrected chi connectivity index (χ1v) is 3.61. The van der Waals surface area contributed by atoms with Gasteiger partial charge in [-0.1, -0.05) is 13.8 Å². The van der Waals surface area contributed by atoms with E-state index in [0.29, 0.717) is 0 Å². The molecule has 0 amide bonds. The van der Waals surface area contributed by atoms with Crippen LogP contribution in [-0.4, -0.2) is 25.4 Å². The fraction of sp³-hybridized carbons (Fsp3) is 0.714. The average Bonchev–Trinajstić information content (AvgIpc) is 1.95. The Morgan fingerprint density at radius 3 is 2.31 bits per heavy atom. The molecule has 0 unspecified atom stereocenters. The summed E-state index contributed by atoms with van der Waals surface area (Å²) in [5.74, 6) is -1.35. The van der Waals surface area contributed by atoms with E-state index < -0.39 is 12.1 Å². The summed E-state index contributed by atoms with van der Waals surface area (Å²) in [5, 5.41) is 5.52. The molecule has 3 nitrogen and oxygen atoms in total. The third kappa shape index (κ3) is 5.21. The number of alkyl halides is 3. The summed E-state index contributed by atoms with van der Waals surface area (Å²) in [6.45, 7) is 6.24. The highest BCUT2D eigenvalue weighted by Crippen LogP contribution is 2.18. The minimum absolute atomic E-state index is 0.00244. The second-order valence-corrected chi connectivity index (χ2v) is 2.75. The lowest BCUT2D eigenvalue weighted by atomic mass is 10.2. The maximum Gasteiger partial charge on any atom is 0.470 e. The van der Waals surface area contributed by atoms with Crippen LogP contribution >= 0.6 is 0 Å². The molecule has 0 heterocycles. The number of rotatable bonds is 3. The van der Waals surface area contributed by atoms with Gasteiger partial charge in [-0.15, -0.1) is 5.10 Å². The van der Waals surface area contributed by atoms with E-state index in [1.54, 1.807) is 13.8 Å². The van der Waals surface area contributed by atoms with Crippen LogP contribution in [0, 0.1) is 5.92 Å². The van der Waals surface area contributed by atoms with Crippen molar-refractivity contribution in [3.63, 3.8) is 0 Å². The maximum atomic E-state index is 12.0. The fourth-order valence-electron chi connectivity index (χ4n) is 0.477. The van der Waals surface area contributed by atoms with Crippen molar-refractivity contribution in [1.29, 1.82) is 0 Å². The summed E-state index contributed by atoms with van der Waals surface area (Å²) in [4.78, 5) is 0. The van der Waals surface area contributed by atoms with Gasteiger partial charge in [0.15, 0.2) is 0 Å². The standard InChI is InChI=1S/C7H11F3N2O/c1-5(2)4-13-6(12-11-3)7(8,9)10/h5H,3-4H2,1-2H3/b12-6-. The van der Waals surface area contributed by atoms with E-state index in [1.807, 2.05) is 0 Å². The summed E-state index contributed by atoms with van der Waals surface area (Å²) in [7, 11) is 0. The molecule has 0 rings (SSSR count). The lowest BCUT2D eigenvalue weighted by Gasteiger charge is -2.11. The van der Waals surface area contributed by atoms with E-state index in [1.165, 1.54) is 0 Å². The Hall–Kier alpha value is -1.07. The van der Waals surface area contributed by atoms with Crippen LogP contribution in [0.15, 0.2) is 10.2 Å². The van der Waals surface area contributed by atoms with E-state index in [-0.39, 0.29) is 12.5 Å². The zero-order valence-electron chi connectivity index (χ0n) is 7.43. The van der Waals surface area contributed by atoms with E-state index in [4.69, 9.17) is 0 Å². The minimum atomic E-state index is -4.60. The van der Waals surface area contributed by atoms with Crippen LogP contribution in [-0.2, 0) is 4.74 Å². The second kappa shape index (κ2) is 4.84. The van der Waals surface area contributed by atoms with Crippen LogP contribution in [0.2, 0.25) is 0 Å². The Kier molecular flexibility index (Phi) is 4.44. The van der Waals surface area contributed by atoms with Crippen molar-refractivity contribution in [2.45, 2.75) is 20.0 Å². The molecule has 0 N–H and O–H groups in total. The highest BCUT2D eigenvalue weighted by atomic mass is 19.4. The van der Waals surface area contributed by atoms with Gasteiger partial charge in [0.2, 0.25) is 0 Å². The third-order valence-corrected chi connectivity index (χ3v) is 0.957. The first-order valence-electron chi connectivity index (χ1n) is 3.61. The molecule has 6 heteroatoms. The van der Waals surface area contributed by atoms with Gasteiger partial charge in [-0.05, 0) is 5.92 Å². The molecule has 0 fully saturated rings. The Morgan fingerprint density at radius 1 is 1.46 bits per heavy atom. The van der Waals surface area contributed by atoms with Crippen molar-refractivity contribution in [2.24, 2.45) is 16.1 Å². The monoisotopic (exact) mass is 196 g/mol. The molecule has 0 aliphatic rings. The molecule has 0 aliphatic carbocycles. The average molecular weight is 196 g/mol. The van der Waals surface area contributed by atoms with Crippen LogP contribution in [0.1, 0.15) is 13.8 Å². The SMILES string of the molecule is C=N/N=C(\OCC(C)C)C(F)(F)F. The Bertz CT molecular complexity index is 198. The molecule has 0 radical (unpaired) electrons. The molecule has 13 heavy (non-hydrogen) atoms. The molecule has 0 atom stereocenters. The molecular formula is C7H11F3N2O. The summed E-state index contributed by atoms with van der Waals surface area (Å²) in [6.07, 6.45) is -4.60. The first kappa shape index (κ1) is 11.9. The number of ether oxygens (including phenoxy) is 1. The van der Waals surface area contributed by atoms with E-state index in [9.17, 15) is 13.2 Å². The zero-order valence-corrected chi connectivity index (χ0v) is 7.43. The molecule has 76 valence electrons. The number of hydrogen-bond acceptors (Lipinski definition) is 3. The van der Waals surface area contributed by atoms with Crippen LogP contribution in [0.5, 0.6) is 0 Å². The summed E-state index contributed by atoms with van der Waals surface area (Å²) in [5.41, 5.74) is 0. The zero-order chi connectivity index (χ0) is 10.5. The lowest BCUT2D eigenvalue weighted by molar-refractivity contribution is -0.0794. The van der Waals surface area contributed by atoms with E-state index in [2.05, 4.69) is 21.7 Å². The van der Waals surface area contributed by atoms with Gasteiger partial charge in [0.05, 0.1) is 6.61 Å². The molecule has 0 aromatic heterocycles. The minimum Gasteiger partial charge on any atom is -0.473 e. The van der Waals surface area contributed by atoms with Crippen molar-refractivity contribution < 1.29 is 17.9 Å². The predicted octanol–water partition coefficient (Wildman–Crippen LogP) is 2.24. The molecular weight excluding hydrogens is 185 g/mol. The lowest BCUT2D eigenvalue weighted by Crippen LogP contribution is -2.27. The van der Waals surface area contributed by atoms with Crippen LogP contribution in [0.3, 0.4) is 0 Å². The molecule has 0 saturated heterocycles. The van der Waals surface area contributed by atoms with Gasteiger partial charge in [-0.25, -0.2) is 0 Å². The number of hydrogen-bond donors (Lipinski definition) is 0. The Labute approximate surface area is 74.3 Å². The van der Waals surface area contributed by atoms with Gasteiger partial charge in [0.1, 0.15) is 0 Å². The van der Waals surface area contributed by atoms with Crippen molar-refractivity contribution in [1.82, 2.24) is 0 Å². The third-order valence-electron chi connectivity index (χ3n) is 0.957. The van der Waals surface area contributed by atoms with Crippen LogP contribution < -0.4 is 0 Å². The topological polar surface area (TPSA) is 34.0 Å². The van der Waals surface area contributed by atoms with Crippen LogP contribution in [0.4, 0.5) is 13.2 Å². The van der Waals surface area contributed by atoms with E-state index in [0.717, 1.165) is 0 Å². The summed E-state index contributed by atoms with van der Waals surface area (Å²) in [6, 6.07) is 0. The highest BCUT2D eigenvalue weighted by Gasteiger charge is 2.38. The molecule has 0 saturated carbocycles. The molecule has 0 aliphatic heterocycles. The van der Waals surface area contributed by atoms with Crippen molar-refractivity contribution in [3.05, 3.63) is 0 Å². The number of nitrogens with zero attached hydrogens (tertiary/aromatic N) is 2. The summed E-state index contributed by atoms with van der Waals surface area (Å²) >= 11 is 0. The molecule has 0 spiro atoms. The van der Waals surface area contributed by atoms with Crippen LogP contribution in [0.25, 0.3) is 0 Å². The Morgan fingerprint density at radius 2 is 2.00 bits per heavy atom. The molecule has 0 bridgehead atoms. The number of halogens is 3. The second-order valence-electron chi connectivity index (χ2n) is 2.75. The molecule has 0 aromatic carbocycles. The van der Waals surface area contributed by atoms with E-state index >= 15 is 0 Å².